The van der Waals surface area contributed by atoms with E-state index in [0.717, 1.165) is 44.2 Å². The molecule has 156 valence electrons. The Balaban J connectivity index is 1.30. The summed E-state index contributed by atoms with van der Waals surface area (Å²) in [5, 5.41) is 3.12. The molecule has 1 N–H and O–H groups in total. The number of likely N-dealkylation sites (tertiary alicyclic amines) is 1. The molecule has 0 aromatic heterocycles. The second-order valence-corrected chi connectivity index (χ2v) is 11.9. The number of anilines is 1. The molecule has 5 aliphatic rings. The summed E-state index contributed by atoms with van der Waals surface area (Å²) in [4.78, 5) is 28.1. The highest BCUT2D eigenvalue weighted by Crippen LogP contribution is 2.65. The van der Waals surface area contributed by atoms with Gasteiger partial charge in [0, 0.05) is 23.8 Å². The molecule has 1 aliphatic heterocycles. The first-order chi connectivity index (χ1) is 13.9. The standard InChI is InChI=1S/C24H31BrN2O2/c25-24-13-17-10-18(14-24)12-23(11-17,16-24)15-21(28)26-20-7-3-2-6-19(20)22(29)27-8-4-1-5-9-27/h2-3,6-7,17-18H,1,4-5,8-16H2,(H,26,28)/t17-,18-,23?,24?/m1/s1. The molecule has 1 heterocycles. The van der Waals surface area contributed by atoms with E-state index in [1.54, 1.807) is 0 Å². The maximum atomic E-state index is 13.1. The van der Waals surface area contributed by atoms with Crippen molar-refractivity contribution < 1.29 is 9.59 Å². The average molecular weight is 459 g/mol. The van der Waals surface area contributed by atoms with Gasteiger partial charge in [-0.25, -0.2) is 0 Å². The lowest BCUT2D eigenvalue weighted by Crippen LogP contribution is -2.53. The van der Waals surface area contributed by atoms with Crippen LogP contribution >= 0.6 is 15.9 Å². The number of hydrogen-bond donors (Lipinski definition) is 1. The molecule has 1 saturated heterocycles. The number of carbonyl (C=O) groups is 2. The van der Waals surface area contributed by atoms with Crippen LogP contribution in [0.5, 0.6) is 0 Å². The summed E-state index contributed by atoms with van der Waals surface area (Å²) in [6.45, 7) is 1.64. The Morgan fingerprint density at radius 3 is 2.41 bits per heavy atom. The quantitative estimate of drug-likeness (QED) is 0.615. The van der Waals surface area contributed by atoms with E-state index in [4.69, 9.17) is 0 Å². The van der Waals surface area contributed by atoms with Crippen molar-refractivity contribution in [2.24, 2.45) is 17.3 Å². The molecule has 5 heteroatoms. The lowest BCUT2D eigenvalue weighted by molar-refractivity contribution is -0.123. The monoisotopic (exact) mass is 458 g/mol. The molecule has 4 saturated carbocycles. The molecule has 1 aromatic rings. The van der Waals surface area contributed by atoms with Crippen molar-refractivity contribution in [2.45, 2.75) is 68.5 Å². The van der Waals surface area contributed by atoms with Crippen molar-refractivity contribution in [1.82, 2.24) is 4.90 Å². The number of benzene rings is 1. The molecule has 6 rings (SSSR count). The van der Waals surface area contributed by atoms with E-state index < -0.39 is 0 Å². The first-order valence-electron chi connectivity index (χ1n) is 11.3. The van der Waals surface area contributed by atoms with E-state index >= 15 is 0 Å². The topological polar surface area (TPSA) is 49.4 Å². The summed E-state index contributed by atoms with van der Waals surface area (Å²) in [6, 6.07) is 7.52. The zero-order chi connectivity index (χ0) is 20.1. The molecule has 29 heavy (non-hydrogen) atoms. The molecule has 4 bridgehead atoms. The second kappa shape index (κ2) is 7.40. The third-order valence-electron chi connectivity index (χ3n) is 7.72. The molecule has 4 nitrogen and oxygen atoms in total. The number of piperidine rings is 1. The predicted octanol–water partition coefficient (Wildman–Crippen LogP) is 5.38. The van der Waals surface area contributed by atoms with Crippen molar-refractivity contribution in [2.75, 3.05) is 18.4 Å². The smallest absolute Gasteiger partial charge is 0.255 e. The molecule has 1 aromatic carbocycles. The lowest BCUT2D eigenvalue weighted by Gasteiger charge is -2.60. The molecule has 0 unspecified atom stereocenters. The third-order valence-corrected chi connectivity index (χ3v) is 8.65. The van der Waals surface area contributed by atoms with Gasteiger partial charge in [0.1, 0.15) is 0 Å². The Kier molecular flexibility index (Phi) is 5.00. The van der Waals surface area contributed by atoms with Crippen LogP contribution in [0.15, 0.2) is 24.3 Å². The van der Waals surface area contributed by atoms with Crippen LogP contribution in [0.4, 0.5) is 5.69 Å². The van der Waals surface area contributed by atoms with Crippen LogP contribution in [-0.2, 0) is 4.79 Å². The predicted molar refractivity (Wildman–Crippen MR) is 118 cm³/mol. The zero-order valence-corrected chi connectivity index (χ0v) is 18.7. The number of halogens is 1. The SMILES string of the molecule is O=C(CC12C[C@H]3C[C@@H](CC(Br)(C3)C1)C2)Nc1ccccc1C(=O)N1CCCCC1. The number of carbonyl (C=O) groups excluding carboxylic acids is 2. The van der Waals surface area contributed by atoms with Gasteiger partial charge in [-0.15, -0.1) is 0 Å². The summed E-state index contributed by atoms with van der Waals surface area (Å²) >= 11 is 4.04. The van der Waals surface area contributed by atoms with Gasteiger partial charge in [-0.2, -0.15) is 0 Å². The minimum absolute atomic E-state index is 0.0508. The van der Waals surface area contributed by atoms with Crippen LogP contribution in [0.3, 0.4) is 0 Å². The van der Waals surface area contributed by atoms with Crippen molar-refractivity contribution in [3.63, 3.8) is 0 Å². The molecule has 2 amide bonds. The highest BCUT2D eigenvalue weighted by atomic mass is 79.9. The average Bonchev–Trinajstić information content (AvgIpc) is 2.66. The van der Waals surface area contributed by atoms with Gasteiger partial charge in [0.05, 0.1) is 11.3 Å². The van der Waals surface area contributed by atoms with E-state index in [1.807, 2.05) is 29.2 Å². The van der Waals surface area contributed by atoms with Gasteiger partial charge in [-0.05, 0) is 87.2 Å². The van der Waals surface area contributed by atoms with Crippen LogP contribution in [0.25, 0.3) is 0 Å². The van der Waals surface area contributed by atoms with E-state index in [1.165, 1.54) is 38.5 Å². The first kappa shape index (κ1) is 19.6. The maximum Gasteiger partial charge on any atom is 0.255 e. The summed E-state index contributed by atoms with van der Waals surface area (Å²) in [7, 11) is 0. The number of amides is 2. The van der Waals surface area contributed by atoms with Gasteiger partial charge in [-0.1, -0.05) is 28.1 Å². The van der Waals surface area contributed by atoms with Crippen molar-refractivity contribution >= 4 is 33.4 Å². The normalized spacial score (nSPS) is 35.6. The Bertz CT molecular complexity index is 803. The van der Waals surface area contributed by atoms with Crippen LogP contribution in [0.2, 0.25) is 0 Å². The van der Waals surface area contributed by atoms with Gasteiger partial charge in [-0.3, -0.25) is 9.59 Å². The number of hydrogen-bond acceptors (Lipinski definition) is 2. The zero-order valence-electron chi connectivity index (χ0n) is 17.1. The van der Waals surface area contributed by atoms with E-state index in [9.17, 15) is 9.59 Å². The molecule has 0 spiro atoms. The van der Waals surface area contributed by atoms with E-state index in [-0.39, 0.29) is 21.6 Å². The van der Waals surface area contributed by atoms with Gasteiger partial charge < -0.3 is 10.2 Å². The highest BCUT2D eigenvalue weighted by molar-refractivity contribution is 9.10. The fourth-order valence-electron chi connectivity index (χ4n) is 7.12. The van der Waals surface area contributed by atoms with Gasteiger partial charge in [0.25, 0.3) is 5.91 Å². The van der Waals surface area contributed by atoms with Crippen LogP contribution in [0.1, 0.15) is 74.6 Å². The number of alkyl halides is 1. The molecule has 0 radical (unpaired) electrons. The fourth-order valence-corrected chi connectivity index (χ4v) is 8.63. The van der Waals surface area contributed by atoms with Crippen LogP contribution in [-0.4, -0.2) is 34.1 Å². The molecule has 5 fully saturated rings. The van der Waals surface area contributed by atoms with Gasteiger partial charge >= 0.3 is 0 Å². The van der Waals surface area contributed by atoms with Crippen LogP contribution in [0, 0.1) is 17.3 Å². The van der Waals surface area contributed by atoms with Crippen LogP contribution < -0.4 is 5.32 Å². The van der Waals surface area contributed by atoms with Crippen molar-refractivity contribution in [1.29, 1.82) is 0 Å². The van der Waals surface area contributed by atoms with Crippen molar-refractivity contribution in [3.8, 4) is 0 Å². The summed E-state index contributed by atoms with van der Waals surface area (Å²) in [6.07, 6.45) is 11.3. The van der Waals surface area contributed by atoms with Gasteiger partial charge in [0.15, 0.2) is 0 Å². The Morgan fingerprint density at radius 2 is 1.72 bits per heavy atom. The first-order valence-corrected chi connectivity index (χ1v) is 12.1. The summed E-state index contributed by atoms with van der Waals surface area (Å²) < 4.78 is 0.263. The lowest BCUT2D eigenvalue weighted by atomic mass is 9.48. The molecular formula is C24H31BrN2O2. The number of nitrogens with one attached hydrogen (secondary N) is 1. The van der Waals surface area contributed by atoms with Crippen molar-refractivity contribution in [3.05, 3.63) is 29.8 Å². The minimum Gasteiger partial charge on any atom is -0.339 e. The largest absolute Gasteiger partial charge is 0.339 e. The molecular weight excluding hydrogens is 428 g/mol. The summed E-state index contributed by atoms with van der Waals surface area (Å²) in [5.41, 5.74) is 1.44. The van der Waals surface area contributed by atoms with E-state index in [2.05, 4.69) is 21.2 Å². The fraction of sp³-hybridized carbons (Fsp3) is 0.667. The maximum absolute atomic E-state index is 13.1. The third kappa shape index (κ3) is 3.87. The number of para-hydroxylation sites is 1. The van der Waals surface area contributed by atoms with E-state index in [0.29, 0.717) is 17.7 Å². The molecule has 4 aliphatic carbocycles. The number of nitrogens with zero attached hydrogens (tertiary/aromatic N) is 1. The highest BCUT2D eigenvalue weighted by Gasteiger charge is 2.57. The Labute approximate surface area is 181 Å². The van der Waals surface area contributed by atoms with Gasteiger partial charge in [0.2, 0.25) is 5.91 Å². The minimum atomic E-state index is 0.0508. The number of rotatable bonds is 4. The summed E-state index contributed by atoms with van der Waals surface area (Å²) in [5.74, 6) is 1.67. The molecule has 2 atom stereocenters. The second-order valence-electron chi connectivity index (χ2n) is 10.2. The Hall–Kier alpha value is -1.36. The Morgan fingerprint density at radius 1 is 1.03 bits per heavy atom.